The molecule has 28 rings (SSSR count). The lowest BCUT2D eigenvalue weighted by atomic mass is 9.81. The van der Waals surface area contributed by atoms with E-state index >= 15 is 0 Å². The molecule has 0 unspecified atom stereocenters. The fraction of sp³-hybridized carbons (Fsp3) is 0.0759. The molecule has 23 aromatic carbocycles. The number of fused-ring (bicyclic) bond motifs is 12. The Morgan fingerprint density at radius 3 is 0.959 bits per heavy atom. The summed E-state index contributed by atoms with van der Waals surface area (Å²) < 4.78 is 0. The van der Waals surface area contributed by atoms with Gasteiger partial charge in [-0.3, -0.25) is 0 Å². The molecule has 0 aromatic heterocycles. The molecule has 5 aliphatic carbocycles. The van der Waals surface area contributed by atoms with E-state index in [1.54, 1.807) is 0 Å². The summed E-state index contributed by atoms with van der Waals surface area (Å²) in [5, 5.41) is 10.2. The van der Waals surface area contributed by atoms with Crippen molar-refractivity contribution in [1.82, 2.24) is 0 Å². The highest BCUT2D eigenvalue weighted by molar-refractivity contribution is 6.12. The van der Waals surface area contributed by atoms with Gasteiger partial charge in [0.2, 0.25) is 0 Å². The van der Waals surface area contributed by atoms with Crippen LogP contribution in [0.15, 0.2) is 522 Å². The fourth-order valence-electron chi connectivity index (χ4n) is 24.5. The topological polar surface area (TPSA) is 9.72 Å². The maximum atomic E-state index is 2.53. The first kappa shape index (κ1) is 90.0. The average Bonchev–Trinajstić information content (AvgIpc) is 1.28. The molecule has 0 N–H and O–H groups in total. The minimum absolute atomic E-state index is 0.0306. The van der Waals surface area contributed by atoms with Crippen LogP contribution in [0, 0.1) is 0 Å². The quantitative estimate of drug-likeness (QED) is 0.0955. The van der Waals surface area contributed by atoms with Crippen molar-refractivity contribution in [3.05, 3.63) is 572 Å². The first-order chi connectivity index (χ1) is 72.7. The highest BCUT2D eigenvalue weighted by Gasteiger charge is 2.40. The van der Waals surface area contributed by atoms with Gasteiger partial charge in [-0.2, -0.15) is 0 Å². The number of benzene rings is 23. The Morgan fingerprint density at radius 2 is 0.507 bits per heavy atom. The maximum absolute atomic E-state index is 2.53. The van der Waals surface area contributed by atoms with Gasteiger partial charge in [-0.15, -0.1) is 0 Å². The lowest BCUT2D eigenvalue weighted by Crippen LogP contribution is -2.17. The van der Waals surface area contributed by atoms with Crippen LogP contribution < -0.4 is 14.7 Å². The van der Waals surface area contributed by atoms with Crippen molar-refractivity contribution in [2.24, 2.45) is 0 Å². The van der Waals surface area contributed by atoms with E-state index < -0.39 is 0 Å². The molecule has 3 heteroatoms. The van der Waals surface area contributed by atoms with Crippen LogP contribution in [0.5, 0.6) is 0 Å². The number of hydrogen-bond acceptors (Lipinski definition) is 3. The molecule has 0 saturated heterocycles. The molecule has 3 nitrogen and oxygen atoms in total. The Kier molecular flexibility index (Phi) is 22.5. The third-order valence-corrected chi connectivity index (χ3v) is 32.0. The van der Waals surface area contributed by atoms with E-state index in [0.717, 1.165) is 47.0 Å². The van der Waals surface area contributed by atoms with Gasteiger partial charge >= 0.3 is 0 Å². The largest absolute Gasteiger partial charge is 0.310 e. The molecule has 0 aliphatic heterocycles. The zero-order chi connectivity index (χ0) is 99.3. The smallest absolute Gasteiger partial charge is 0.0540 e. The summed E-state index contributed by atoms with van der Waals surface area (Å²) in [5.41, 5.74) is 49.1. The van der Waals surface area contributed by atoms with E-state index in [9.17, 15) is 0 Å². The number of allylic oxidation sites excluding steroid dienone is 3. The normalized spacial score (nSPS) is 13.5. The minimum atomic E-state index is -0.113. The molecule has 704 valence electrons. The third kappa shape index (κ3) is 15.8. The summed E-state index contributed by atoms with van der Waals surface area (Å²) in [4.78, 5) is 7.37. The Hall–Kier alpha value is -18.0. The first-order valence-electron chi connectivity index (χ1n) is 52.0. The number of rotatable bonds is 16. The summed E-state index contributed by atoms with van der Waals surface area (Å²) in [5.74, 6) is 0. The van der Waals surface area contributed by atoms with E-state index in [4.69, 9.17) is 0 Å². The third-order valence-electron chi connectivity index (χ3n) is 32.0. The molecular weight excluding hydrogens is 1780 g/mol. The summed E-state index contributed by atoms with van der Waals surface area (Å²) in [6.07, 6.45) is 9.05. The molecule has 0 spiro atoms. The van der Waals surface area contributed by atoms with Crippen molar-refractivity contribution >= 4 is 106 Å². The lowest BCUT2D eigenvalue weighted by Gasteiger charge is -2.31. The second-order valence-corrected chi connectivity index (χ2v) is 41.6. The summed E-state index contributed by atoms with van der Waals surface area (Å²) in [6.45, 7) is 14.2. The Labute approximate surface area is 868 Å². The molecule has 0 atom stereocenters. The number of hydrogen-bond donors (Lipinski definition) is 0. The van der Waals surface area contributed by atoms with Crippen molar-refractivity contribution in [3.63, 3.8) is 0 Å². The molecule has 0 bridgehead atoms. The molecular formula is C145H109N3. The standard InChI is InChI=1S/2C49H37N.C47H35N/c1-49(2)47-25-15-14-24-43(47)44-29-27-39(33-48(44)49)50(40-30-37-22-12-13-23-41(37)46(32-40)36-20-10-5-11-21-36)38-26-28-42(34-16-6-3-7-17-34)45(31-38)35-18-8-4-9-19-35;1-49(2)47-20-12-11-19-44(47)45-30-25-38(32-48(45)49)36-23-28-41(29-24-36)50(40-26-21-35(22-27-40)34-13-5-3-6-14-34)42-31-39-17-9-10-18-43(39)46(33-42)37-15-7-4-8-16-37;1-47(2)42-18-9-8-17-38(42)39-25-23-35(29-43(39)47)48(36-27-34-13-6-7-16-37(34)41(28-36)30-11-4-3-5-12-30)44-26-22-33-20-19-31-14-10-15-32-21-24-40(44)46(33)45(31)32/h2*3-33H,1-2H3;3-13,15-19,21-29H,14,20H2,1-2H3. The monoisotopic (exact) mass is 1890 g/mol. The van der Waals surface area contributed by atoms with Gasteiger partial charge in [-0.1, -0.05) is 460 Å². The number of nitrogens with zero attached hydrogens (tertiary/aromatic N) is 3. The second-order valence-electron chi connectivity index (χ2n) is 41.6. The molecule has 0 amide bonds. The zero-order valence-electron chi connectivity index (χ0n) is 84.0. The number of anilines is 9. The second kappa shape index (κ2) is 37.0. The molecule has 0 fully saturated rings. The molecule has 5 aliphatic rings. The van der Waals surface area contributed by atoms with Gasteiger partial charge in [0.15, 0.2) is 0 Å². The fourth-order valence-corrected chi connectivity index (χ4v) is 24.5. The van der Waals surface area contributed by atoms with Gasteiger partial charge in [-0.25, -0.2) is 0 Å². The van der Waals surface area contributed by atoms with Gasteiger partial charge in [0, 0.05) is 67.1 Å². The maximum Gasteiger partial charge on any atom is 0.0540 e. The van der Waals surface area contributed by atoms with Crippen LogP contribution in [0.3, 0.4) is 0 Å². The molecule has 23 aromatic rings. The van der Waals surface area contributed by atoms with Gasteiger partial charge < -0.3 is 14.7 Å². The molecule has 0 radical (unpaired) electrons. The van der Waals surface area contributed by atoms with Crippen LogP contribution in [0.4, 0.5) is 51.2 Å². The predicted molar refractivity (Wildman–Crippen MR) is 629 cm³/mol. The van der Waals surface area contributed by atoms with Crippen molar-refractivity contribution in [2.75, 3.05) is 14.7 Å². The highest BCUT2D eigenvalue weighted by atomic mass is 15.2. The average molecular weight is 1890 g/mol. The summed E-state index contributed by atoms with van der Waals surface area (Å²) >= 11 is 0. The summed E-state index contributed by atoms with van der Waals surface area (Å²) in [7, 11) is 0. The van der Waals surface area contributed by atoms with Crippen molar-refractivity contribution in [1.29, 1.82) is 0 Å². The Morgan fingerprint density at radius 1 is 0.189 bits per heavy atom. The van der Waals surface area contributed by atoms with E-state index in [2.05, 4.69) is 584 Å². The van der Waals surface area contributed by atoms with Crippen LogP contribution in [0.25, 0.3) is 166 Å². The van der Waals surface area contributed by atoms with Gasteiger partial charge in [0.25, 0.3) is 0 Å². The van der Waals surface area contributed by atoms with Crippen LogP contribution in [-0.4, -0.2) is 0 Å². The predicted octanol–water partition coefficient (Wildman–Crippen LogP) is 40.0. The minimum Gasteiger partial charge on any atom is -0.310 e. The highest BCUT2D eigenvalue weighted by Crippen LogP contribution is 2.58. The SMILES string of the molecule is CC1(C)c2ccccc2-c2ccc(-c3ccc(N(c4ccc(-c5ccccc5)cc4)c4cc(-c5ccccc5)c5ccccc5c4)cc3)cc21.CC1(C)c2ccccc2-c2ccc(N(c3cc(-c4ccccc4)c4ccccc4c3)c3ccc4c5c6c(ccc35)C=CCC6=CC4)cc21.CC1(C)c2ccccc2-c2ccc(N(c3ccc(-c4ccccc4)c(-c4ccccc4)c3)c3cc(-c4ccccc4)c4ccccc4c3)cc21. The Balaban J connectivity index is 0.000000112. The van der Waals surface area contributed by atoms with Crippen LogP contribution in [0.1, 0.15) is 98.0 Å². The lowest BCUT2D eigenvalue weighted by molar-refractivity contribution is 0.660. The molecule has 0 saturated carbocycles. The van der Waals surface area contributed by atoms with E-state index in [1.807, 2.05) is 0 Å². The molecule has 148 heavy (non-hydrogen) atoms. The first-order valence-corrected chi connectivity index (χ1v) is 52.0. The van der Waals surface area contributed by atoms with Crippen molar-refractivity contribution < 1.29 is 0 Å². The summed E-state index contributed by atoms with van der Waals surface area (Å²) in [6, 6.07) is 187. The van der Waals surface area contributed by atoms with E-state index in [-0.39, 0.29) is 16.2 Å². The van der Waals surface area contributed by atoms with Crippen LogP contribution in [0.2, 0.25) is 0 Å². The van der Waals surface area contributed by atoms with Crippen molar-refractivity contribution in [3.8, 4) is 111 Å². The van der Waals surface area contributed by atoms with E-state index in [0.29, 0.717) is 0 Å². The van der Waals surface area contributed by atoms with Gasteiger partial charge in [-0.05, 0) is 327 Å². The van der Waals surface area contributed by atoms with Crippen molar-refractivity contribution in [2.45, 2.75) is 70.6 Å². The Bertz CT molecular complexity index is 9190. The van der Waals surface area contributed by atoms with Crippen LogP contribution >= 0.6 is 0 Å². The molecule has 0 heterocycles. The van der Waals surface area contributed by atoms with Gasteiger partial charge in [0.05, 0.1) is 5.69 Å². The van der Waals surface area contributed by atoms with Gasteiger partial charge in [0.1, 0.15) is 0 Å². The zero-order valence-corrected chi connectivity index (χ0v) is 84.0. The van der Waals surface area contributed by atoms with E-state index in [1.165, 1.54) is 227 Å². The van der Waals surface area contributed by atoms with Crippen LogP contribution in [-0.2, 0) is 22.7 Å².